The van der Waals surface area contributed by atoms with Gasteiger partial charge >= 0.3 is 12.1 Å². The van der Waals surface area contributed by atoms with Crippen LogP contribution in [0.25, 0.3) is 0 Å². The third-order valence-corrected chi connectivity index (χ3v) is 4.28. The van der Waals surface area contributed by atoms with Gasteiger partial charge in [-0.1, -0.05) is 12.5 Å². The van der Waals surface area contributed by atoms with Crippen molar-refractivity contribution in [1.29, 1.82) is 0 Å². The molecule has 25 heavy (non-hydrogen) atoms. The number of rotatable bonds is 7. The van der Waals surface area contributed by atoms with E-state index in [4.69, 9.17) is 5.11 Å². The molecule has 1 aliphatic heterocycles. The van der Waals surface area contributed by atoms with Crippen molar-refractivity contribution in [1.82, 2.24) is 4.90 Å². The molecule has 1 N–H and O–H groups in total. The van der Waals surface area contributed by atoms with E-state index in [0.717, 1.165) is 38.5 Å². The van der Waals surface area contributed by atoms with Gasteiger partial charge in [0.05, 0.1) is 5.56 Å². The van der Waals surface area contributed by atoms with Crippen LogP contribution in [0.3, 0.4) is 0 Å². The Morgan fingerprint density at radius 3 is 2.36 bits per heavy atom. The first kappa shape index (κ1) is 21.6. The molecule has 0 unspecified atom stereocenters. The van der Waals surface area contributed by atoms with Crippen molar-refractivity contribution in [2.45, 2.75) is 31.9 Å². The van der Waals surface area contributed by atoms with E-state index in [2.05, 4.69) is 4.90 Å². The minimum atomic E-state index is -4.31. The molecule has 1 aliphatic rings. The first-order valence-corrected chi connectivity index (χ1v) is 8.22. The third kappa shape index (κ3) is 7.12. The molecule has 0 aromatic heterocycles. The van der Waals surface area contributed by atoms with Gasteiger partial charge in [-0.3, -0.25) is 9.69 Å². The van der Waals surface area contributed by atoms with Crippen LogP contribution in [0.4, 0.5) is 18.9 Å². The fourth-order valence-electron chi connectivity index (χ4n) is 2.90. The van der Waals surface area contributed by atoms with Gasteiger partial charge in [0.2, 0.25) is 0 Å². The Hall–Kier alpha value is -1.47. The molecule has 8 heteroatoms. The number of piperazine rings is 1. The number of unbranched alkanes of at least 4 members (excludes halogenated alkanes) is 2. The third-order valence-electron chi connectivity index (χ3n) is 4.28. The first-order valence-electron chi connectivity index (χ1n) is 8.22. The molecule has 0 spiro atoms. The smallest absolute Gasteiger partial charge is 0.416 e. The zero-order valence-electron chi connectivity index (χ0n) is 14.0. The zero-order chi connectivity index (χ0) is 17.6. The second-order valence-electron chi connectivity index (χ2n) is 6.08. The molecule has 142 valence electrons. The van der Waals surface area contributed by atoms with Crippen molar-refractivity contribution >= 4 is 24.1 Å². The molecule has 0 saturated carbocycles. The average Bonchev–Trinajstić information content (AvgIpc) is 2.54. The molecule has 1 saturated heterocycles. The molecule has 0 bridgehead atoms. The van der Waals surface area contributed by atoms with Crippen molar-refractivity contribution in [3.8, 4) is 0 Å². The number of nitrogens with zero attached hydrogens (tertiary/aromatic N) is 2. The number of alkyl halides is 3. The zero-order valence-corrected chi connectivity index (χ0v) is 14.8. The predicted octanol–water partition coefficient (Wildman–Crippen LogP) is 3.89. The van der Waals surface area contributed by atoms with E-state index in [9.17, 15) is 18.0 Å². The number of hydrogen-bond donors (Lipinski definition) is 1. The normalized spacial score (nSPS) is 15.7. The molecule has 1 aromatic carbocycles. The van der Waals surface area contributed by atoms with E-state index in [1.165, 1.54) is 12.1 Å². The van der Waals surface area contributed by atoms with Gasteiger partial charge in [-0.05, 0) is 37.6 Å². The minimum absolute atomic E-state index is 0. The summed E-state index contributed by atoms with van der Waals surface area (Å²) in [5, 5.41) is 8.58. The highest BCUT2D eigenvalue weighted by molar-refractivity contribution is 5.85. The van der Waals surface area contributed by atoms with Crippen LogP contribution in [0, 0.1) is 0 Å². The molecule has 0 aliphatic carbocycles. The maximum atomic E-state index is 12.8. The van der Waals surface area contributed by atoms with Gasteiger partial charge in [0.1, 0.15) is 0 Å². The number of aliphatic carboxylic acids is 1. The maximum Gasteiger partial charge on any atom is 0.416 e. The van der Waals surface area contributed by atoms with Gasteiger partial charge in [-0.2, -0.15) is 13.2 Å². The highest BCUT2D eigenvalue weighted by Crippen LogP contribution is 2.31. The maximum absolute atomic E-state index is 12.8. The lowest BCUT2D eigenvalue weighted by molar-refractivity contribution is -0.138. The topological polar surface area (TPSA) is 43.8 Å². The Labute approximate surface area is 152 Å². The second kappa shape index (κ2) is 9.87. The van der Waals surface area contributed by atoms with E-state index in [0.29, 0.717) is 25.2 Å². The number of halogens is 4. The number of carboxylic acids is 1. The fraction of sp³-hybridized carbons (Fsp3) is 0.588. The van der Waals surface area contributed by atoms with E-state index in [-0.39, 0.29) is 18.8 Å². The van der Waals surface area contributed by atoms with Gasteiger partial charge in [-0.15, -0.1) is 12.4 Å². The Morgan fingerprint density at radius 1 is 1.08 bits per heavy atom. The van der Waals surface area contributed by atoms with Crippen molar-refractivity contribution in [3.05, 3.63) is 29.8 Å². The summed E-state index contributed by atoms with van der Waals surface area (Å²) >= 11 is 0. The predicted molar refractivity (Wildman–Crippen MR) is 93.4 cm³/mol. The van der Waals surface area contributed by atoms with Gasteiger partial charge in [-0.25, -0.2) is 0 Å². The van der Waals surface area contributed by atoms with Crippen LogP contribution in [0.15, 0.2) is 24.3 Å². The fourth-order valence-corrected chi connectivity index (χ4v) is 2.90. The summed E-state index contributed by atoms with van der Waals surface area (Å²) in [6.45, 7) is 3.95. The van der Waals surface area contributed by atoms with E-state index in [1.807, 2.05) is 4.90 Å². The quantitative estimate of drug-likeness (QED) is 0.729. The van der Waals surface area contributed by atoms with Crippen LogP contribution in [0.5, 0.6) is 0 Å². The molecule has 0 amide bonds. The molecule has 1 fully saturated rings. The van der Waals surface area contributed by atoms with E-state index < -0.39 is 17.7 Å². The molecular weight excluding hydrogens is 357 g/mol. The number of carboxylic acid groups (broad SMARTS) is 1. The number of hydrogen-bond acceptors (Lipinski definition) is 3. The Balaban J connectivity index is 0.00000312. The number of anilines is 1. The van der Waals surface area contributed by atoms with Gasteiger partial charge < -0.3 is 10.0 Å². The van der Waals surface area contributed by atoms with E-state index in [1.54, 1.807) is 6.07 Å². The van der Waals surface area contributed by atoms with Crippen LogP contribution >= 0.6 is 12.4 Å². The SMILES string of the molecule is Cl.O=C(O)CCCCCN1CCN(c2cccc(C(F)(F)F)c2)CC1. The summed E-state index contributed by atoms with van der Waals surface area (Å²) in [5.41, 5.74) is 0.00629. The molecular formula is C17H24ClF3N2O2. The van der Waals surface area contributed by atoms with Gasteiger partial charge in [0.15, 0.2) is 0 Å². The standard InChI is InChI=1S/C17H23F3N2O2.ClH/c18-17(19,20)14-5-4-6-15(13-14)22-11-9-21(10-12-22)8-3-1-2-7-16(23)24;/h4-6,13H,1-3,7-12H2,(H,23,24);1H. The molecule has 0 radical (unpaired) electrons. The summed E-state index contributed by atoms with van der Waals surface area (Å²) < 4.78 is 38.4. The molecule has 0 atom stereocenters. The minimum Gasteiger partial charge on any atom is -0.481 e. The summed E-state index contributed by atoms with van der Waals surface area (Å²) in [5.74, 6) is -0.760. The van der Waals surface area contributed by atoms with E-state index >= 15 is 0 Å². The second-order valence-corrected chi connectivity index (χ2v) is 6.08. The molecule has 2 rings (SSSR count). The lowest BCUT2D eigenvalue weighted by Gasteiger charge is -2.36. The van der Waals surface area contributed by atoms with Crippen molar-refractivity contribution in [2.75, 3.05) is 37.6 Å². The summed E-state index contributed by atoms with van der Waals surface area (Å²) in [4.78, 5) is 14.7. The molecule has 4 nitrogen and oxygen atoms in total. The van der Waals surface area contributed by atoms with Crippen LogP contribution < -0.4 is 4.90 Å². The Morgan fingerprint density at radius 2 is 1.76 bits per heavy atom. The summed E-state index contributed by atoms with van der Waals surface area (Å²) in [6.07, 6.45) is -1.56. The summed E-state index contributed by atoms with van der Waals surface area (Å²) in [6, 6.07) is 5.47. The van der Waals surface area contributed by atoms with Crippen molar-refractivity contribution in [2.24, 2.45) is 0 Å². The average molecular weight is 381 g/mol. The van der Waals surface area contributed by atoms with Crippen LogP contribution in [-0.2, 0) is 11.0 Å². The van der Waals surface area contributed by atoms with Gasteiger partial charge in [0, 0.05) is 38.3 Å². The highest BCUT2D eigenvalue weighted by Gasteiger charge is 2.31. The Kier molecular flexibility index (Phi) is 8.52. The lowest BCUT2D eigenvalue weighted by Crippen LogP contribution is -2.46. The number of carbonyl (C=O) groups is 1. The van der Waals surface area contributed by atoms with Crippen molar-refractivity contribution < 1.29 is 23.1 Å². The van der Waals surface area contributed by atoms with Crippen LogP contribution in [0.1, 0.15) is 31.2 Å². The molecule has 1 aromatic rings. The van der Waals surface area contributed by atoms with Crippen LogP contribution in [-0.4, -0.2) is 48.7 Å². The highest BCUT2D eigenvalue weighted by atomic mass is 35.5. The monoisotopic (exact) mass is 380 g/mol. The first-order chi connectivity index (χ1) is 11.4. The van der Waals surface area contributed by atoms with Crippen molar-refractivity contribution in [3.63, 3.8) is 0 Å². The van der Waals surface area contributed by atoms with Gasteiger partial charge in [0.25, 0.3) is 0 Å². The summed E-state index contributed by atoms with van der Waals surface area (Å²) in [7, 11) is 0. The largest absolute Gasteiger partial charge is 0.481 e. The number of benzene rings is 1. The molecule has 1 heterocycles. The Bertz CT molecular complexity index is 547. The van der Waals surface area contributed by atoms with Crippen LogP contribution in [0.2, 0.25) is 0 Å². The lowest BCUT2D eigenvalue weighted by atomic mass is 10.1.